The fourth-order valence-corrected chi connectivity index (χ4v) is 4.42. The monoisotopic (exact) mass is 544 g/mol. The highest BCUT2D eigenvalue weighted by Gasteiger charge is 2.27. The number of hydrogen-bond donors (Lipinski definition) is 2. The predicted octanol–water partition coefficient (Wildman–Crippen LogP) is 9.03. The van der Waals surface area contributed by atoms with Crippen molar-refractivity contribution in [3.05, 3.63) is 95.1 Å². The quantitative estimate of drug-likeness (QED) is 0.325. The Morgan fingerprint density at radius 1 is 0.450 bits per heavy atom. The van der Waals surface area contributed by atoms with E-state index in [1.54, 1.807) is 0 Å². The van der Waals surface area contributed by atoms with Gasteiger partial charge in [0.15, 0.2) is 0 Å². The SMILES string of the molecule is CC(C)(C)OC(=O)Nc1ccc(C(C)(C)c2ccc(C(C)(C)c3ccc(NC(=O)OC(C)(C)C)cc3)cc2)cc1. The Morgan fingerprint density at radius 2 is 0.675 bits per heavy atom. The first-order chi connectivity index (χ1) is 18.4. The van der Waals surface area contributed by atoms with Crippen molar-refractivity contribution < 1.29 is 19.1 Å². The number of anilines is 2. The van der Waals surface area contributed by atoms with E-state index in [0.717, 1.165) is 11.1 Å². The van der Waals surface area contributed by atoms with Crippen molar-refractivity contribution in [1.29, 1.82) is 0 Å². The van der Waals surface area contributed by atoms with E-state index < -0.39 is 23.4 Å². The fourth-order valence-electron chi connectivity index (χ4n) is 4.42. The van der Waals surface area contributed by atoms with Crippen molar-refractivity contribution in [1.82, 2.24) is 0 Å². The molecule has 0 aliphatic carbocycles. The third kappa shape index (κ3) is 8.10. The van der Waals surface area contributed by atoms with E-state index >= 15 is 0 Å². The zero-order valence-corrected chi connectivity index (χ0v) is 25.6. The largest absolute Gasteiger partial charge is 0.444 e. The van der Waals surface area contributed by atoms with Crippen LogP contribution in [0.3, 0.4) is 0 Å². The first-order valence-corrected chi connectivity index (χ1v) is 13.7. The molecule has 0 aliphatic heterocycles. The molecular weight excluding hydrogens is 500 g/mol. The van der Waals surface area contributed by atoms with Crippen LogP contribution in [0.4, 0.5) is 21.0 Å². The van der Waals surface area contributed by atoms with Crippen LogP contribution >= 0.6 is 0 Å². The van der Waals surface area contributed by atoms with Gasteiger partial charge in [-0.1, -0.05) is 76.2 Å². The molecule has 3 rings (SSSR count). The number of carbonyl (C=O) groups excluding carboxylic acids is 2. The summed E-state index contributed by atoms with van der Waals surface area (Å²) in [6.07, 6.45) is -0.932. The topological polar surface area (TPSA) is 76.7 Å². The Labute approximate surface area is 239 Å². The molecule has 0 unspecified atom stereocenters. The van der Waals surface area contributed by atoms with Crippen LogP contribution in [0.1, 0.15) is 91.5 Å². The number of amides is 2. The maximum absolute atomic E-state index is 12.1. The Hall–Kier alpha value is -3.80. The molecule has 0 spiro atoms. The first kappa shape index (κ1) is 30.7. The lowest BCUT2D eigenvalue weighted by Gasteiger charge is -2.30. The maximum Gasteiger partial charge on any atom is 0.412 e. The van der Waals surface area contributed by atoms with E-state index in [0.29, 0.717) is 11.4 Å². The molecule has 0 atom stereocenters. The van der Waals surface area contributed by atoms with Crippen molar-refractivity contribution in [2.45, 2.75) is 91.3 Å². The molecule has 0 aliphatic rings. The number of hydrogen-bond acceptors (Lipinski definition) is 4. The third-order valence-electron chi connectivity index (χ3n) is 6.83. The van der Waals surface area contributed by atoms with Gasteiger partial charge in [-0.2, -0.15) is 0 Å². The summed E-state index contributed by atoms with van der Waals surface area (Å²) >= 11 is 0. The van der Waals surface area contributed by atoms with Crippen molar-refractivity contribution >= 4 is 23.6 Å². The summed E-state index contributed by atoms with van der Waals surface area (Å²) in [6.45, 7) is 19.8. The maximum atomic E-state index is 12.1. The van der Waals surface area contributed by atoms with Crippen LogP contribution in [-0.4, -0.2) is 23.4 Å². The van der Waals surface area contributed by atoms with Crippen LogP contribution in [0.5, 0.6) is 0 Å². The average Bonchev–Trinajstić information content (AvgIpc) is 2.82. The second-order valence-corrected chi connectivity index (χ2v) is 13.2. The van der Waals surface area contributed by atoms with Crippen molar-refractivity contribution in [3.8, 4) is 0 Å². The van der Waals surface area contributed by atoms with E-state index in [1.165, 1.54) is 11.1 Å². The minimum Gasteiger partial charge on any atom is -0.444 e. The number of nitrogens with one attached hydrogen (secondary N) is 2. The van der Waals surface area contributed by atoms with Crippen LogP contribution < -0.4 is 10.6 Å². The van der Waals surface area contributed by atoms with Crippen LogP contribution in [0.2, 0.25) is 0 Å². The summed E-state index contributed by atoms with van der Waals surface area (Å²) in [5.41, 5.74) is 4.49. The van der Waals surface area contributed by atoms with Gasteiger partial charge in [-0.05, 0) is 88.1 Å². The van der Waals surface area contributed by atoms with Gasteiger partial charge in [-0.3, -0.25) is 10.6 Å². The summed E-state index contributed by atoms with van der Waals surface area (Å²) < 4.78 is 10.7. The minimum absolute atomic E-state index is 0.234. The number of carbonyl (C=O) groups is 2. The molecule has 0 aromatic heterocycles. The normalized spacial score (nSPS) is 12.4. The third-order valence-corrected chi connectivity index (χ3v) is 6.83. The van der Waals surface area contributed by atoms with E-state index in [-0.39, 0.29) is 10.8 Å². The lowest BCUT2D eigenvalue weighted by atomic mass is 9.74. The van der Waals surface area contributed by atoms with Crippen LogP contribution in [0.25, 0.3) is 0 Å². The summed E-state index contributed by atoms with van der Waals surface area (Å²) in [4.78, 5) is 24.2. The van der Waals surface area contributed by atoms with Gasteiger partial charge in [-0.25, -0.2) is 9.59 Å². The minimum atomic E-state index is -0.546. The van der Waals surface area contributed by atoms with E-state index in [4.69, 9.17) is 9.47 Å². The van der Waals surface area contributed by atoms with Gasteiger partial charge >= 0.3 is 12.2 Å². The molecule has 2 N–H and O–H groups in total. The molecule has 0 saturated carbocycles. The number of rotatable bonds is 6. The molecule has 0 fully saturated rings. The van der Waals surface area contributed by atoms with Crippen LogP contribution in [0, 0.1) is 0 Å². The van der Waals surface area contributed by atoms with Crippen LogP contribution in [0.15, 0.2) is 72.8 Å². The molecule has 0 radical (unpaired) electrons. The lowest BCUT2D eigenvalue weighted by Crippen LogP contribution is -2.27. The molecule has 40 heavy (non-hydrogen) atoms. The highest BCUT2D eigenvalue weighted by Crippen LogP contribution is 2.36. The number of ether oxygens (including phenoxy) is 2. The van der Waals surface area contributed by atoms with Crippen LogP contribution in [-0.2, 0) is 20.3 Å². The van der Waals surface area contributed by atoms with E-state index in [9.17, 15) is 9.59 Å². The number of benzene rings is 3. The smallest absolute Gasteiger partial charge is 0.412 e. The molecule has 6 nitrogen and oxygen atoms in total. The zero-order chi connectivity index (χ0) is 29.9. The zero-order valence-electron chi connectivity index (χ0n) is 25.6. The van der Waals surface area contributed by atoms with Gasteiger partial charge < -0.3 is 9.47 Å². The summed E-state index contributed by atoms with van der Waals surface area (Å²) in [5, 5.41) is 5.58. The first-order valence-electron chi connectivity index (χ1n) is 13.7. The Kier molecular flexibility index (Phi) is 8.73. The summed E-state index contributed by atoms with van der Waals surface area (Å²) in [7, 11) is 0. The van der Waals surface area contributed by atoms with Gasteiger partial charge in [0.1, 0.15) is 11.2 Å². The highest BCUT2D eigenvalue weighted by molar-refractivity contribution is 5.85. The van der Waals surface area contributed by atoms with Crippen molar-refractivity contribution in [2.75, 3.05) is 10.6 Å². The summed E-state index contributed by atoms with van der Waals surface area (Å²) in [6, 6.07) is 24.5. The molecule has 3 aromatic carbocycles. The van der Waals surface area contributed by atoms with Gasteiger partial charge in [0, 0.05) is 22.2 Å². The lowest BCUT2D eigenvalue weighted by molar-refractivity contribution is 0.0624. The molecule has 3 aromatic rings. The summed E-state index contributed by atoms with van der Waals surface area (Å²) in [5.74, 6) is 0. The molecule has 214 valence electrons. The Bertz CT molecular complexity index is 1200. The van der Waals surface area contributed by atoms with Crippen molar-refractivity contribution in [2.24, 2.45) is 0 Å². The van der Waals surface area contributed by atoms with Crippen molar-refractivity contribution in [3.63, 3.8) is 0 Å². The fraction of sp³-hybridized carbons (Fsp3) is 0.412. The van der Waals surface area contributed by atoms with E-state index in [2.05, 4.69) is 62.6 Å². The molecule has 0 heterocycles. The van der Waals surface area contributed by atoms with Gasteiger partial charge in [0.2, 0.25) is 0 Å². The molecular formula is C34H44N2O4. The average molecular weight is 545 g/mol. The Morgan fingerprint density at radius 3 is 0.900 bits per heavy atom. The van der Waals surface area contributed by atoms with Gasteiger partial charge in [0.05, 0.1) is 0 Å². The van der Waals surface area contributed by atoms with Gasteiger partial charge in [0.25, 0.3) is 0 Å². The molecule has 0 bridgehead atoms. The van der Waals surface area contributed by atoms with E-state index in [1.807, 2.05) is 90.1 Å². The van der Waals surface area contributed by atoms with Gasteiger partial charge in [-0.15, -0.1) is 0 Å². The molecule has 0 saturated heterocycles. The molecule has 2 amide bonds. The Balaban J connectivity index is 1.71. The standard InChI is InChI=1S/C34H44N2O4/c1-31(2,3)39-29(37)35-27-19-15-25(16-20-27)33(7,8)23-11-13-24(14-12-23)34(9,10)26-17-21-28(22-18-26)36-30(38)40-32(4,5)6/h11-22H,1-10H3,(H,35,37)(H,36,38). The second kappa shape index (κ2) is 11.4. The second-order valence-electron chi connectivity index (χ2n) is 13.2. The predicted molar refractivity (Wildman–Crippen MR) is 163 cm³/mol. The highest BCUT2D eigenvalue weighted by atomic mass is 16.6. The molecule has 6 heteroatoms.